The Bertz CT molecular complexity index is 852. The molecule has 0 aliphatic heterocycles. The first-order valence-electron chi connectivity index (χ1n) is 10.3. The molecule has 1 aliphatic rings. The summed E-state index contributed by atoms with van der Waals surface area (Å²) in [4.78, 5) is 37.2. The zero-order valence-corrected chi connectivity index (χ0v) is 17.0. The maximum Gasteiger partial charge on any atom is 0.407 e. The second-order valence-electron chi connectivity index (χ2n) is 7.51. The van der Waals surface area contributed by atoms with Crippen molar-refractivity contribution in [2.75, 3.05) is 6.54 Å². The van der Waals surface area contributed by atoms with Gasteiger partial charge in [-0.1, -0.05) is 60.7 Å². The van der Waals surface area contributed by atoms with Gasteiger partial charge in [0, 0.05) is 13.0 Å². The van der Waals surface area contributed by atoms with Gasteiger partial charge in [-0.05, 0) is 36.8 Å². The molecule has 0 heterocycles. The molecule has 6 nitrogen and oxygen atoms in total. The van der Waals surface area contributed by atoms with Crippen LogP contribution >= 0.6 is 0 Å². The van der Waals surface area contributed by atoms with E-state index in [1.807, 2.05) is 60.7 Å². The van der Waals surface area contributed by atoms with Crippen LogP contribution in [0.2, 0.25) is 0 Å². The lowest BCUT2D eigenvalue weighted by Gasteiger charge is -2.25. The summed E-state index contributed by atoms with van der Waals surface area (Å²) in [5, 5.41) is 2.68. The number of hydrogen-bond acceptors (Lipinski definition) is 5. The van der Waals surface area contributed by atoms with Gasteiger partial charge in [0.1, 0.15) is 24.4 Å². The van der Waals surface area contributed by atoms with Crippen LogP contribution in [0.5, 0.6) is 0 Å². The first kappa shape index (κ1) is 21.6. The van der Waals surface area contributed by atoms with Crippen LogP contribution in [0.15, 0.2) is 60.7 Å². The van der Waals surface area contributed by atoms with Crippen molar-refractivity contribution in [3.8, 4) is 0 Å². The van der Waals surface area contributed by atoms with E-state index < -0.39 is 17.5 Å². The van der Waals surface area contributed by atoms with E-state index in [1.54, 1.807) is 0 Å². The van der Waals surface area contributed by atoms with Gasteiger partial charge in [0.2, 0.25) is 0 Å². The Labute approximate surface area is 176 Å². The first-order valence-corrected chi connectivity index (χ1v) is 10.3. The Balaban J connectivity index is 1.45. The fourth-order valence-electron chi connectivity index (χ4n) is 3.73. The number of carbonyl (C=O) groups is 3. The van der Waals surface area contributed by atoms with Crippen molar-refractivity contribution >= 4 is 17.8 Å². The summed E-state index contributed by atoms with van der Waals surface area (Å²) in [7, 11) is 0. The predicted molar refractivity (Wildman–Crippen MR) is 111 cm³/mol. The third-order valence-corrected chi connectivity index (χ3v) is 5.41. The van der Waals surface area contributed by atoms with Crippen molar-refractivity contribution in [2.24, 2.45) is 5.41 Å². The van der Waals surface area contributed by atoms with E-state index >= 15 is 0 Å². The van der Waals surface area contributed by atoms with Crippen LogP contribution in [0, 0.1) is 5.41 Å². The number of rotatable bonds is 9. The van der Waals surface area contributed by atoms with Gasteiger partial charge >= 0.3 is 12.1 Å². The topological polar surface area (TPSA) is 81.7 Å². The van der Waals surface area contributed by atoms with Gasteiger partial charge in [-0.3, -0.25) is 9.59 Å². The monoisotopic (exact) mass is 409 g/mol. The molecular weight excluding hydrogens is 382 g/mol. The highest BCUT2D eigenvalue weighted by atomic mass is 16.5. The SMILES string of the molecule is O=C(NCCCC1(C(=O)OCc2ccccc2)CCCC1=O)OCc1ccccc1. The molecule has 1 N–H and O–H groups in total. The molecule has 0 aromatic heterocycles. The lowest BCUT2D eigenvalue weighted by Crippen LogP contribution is -2.38. The maximum absolute atomic E-state index is 12.8. The molecule has 1 saturated carbocycles. The maximum atomic E-state index is 12.8. The number of hydrogen-bond donors (Lipinski definition) is 1. The van der Waals surface area contributed by atoms with E-state index in [2.05, 4.69) is 5.32 Å². The standard InChI is InChI=1S/C24H27NO5/c26-21-13-7-14-24(21,22(27)29-17-19-9-3-1-4-10-19)15-8-16-25-23(28)30-18-20-11-5-2-6-12-20/h1-6,9-12H,7-8,13-18H2,(H,25,28). The normalized spacial score (nSPS) is 18.1. The van der Waals surface area contributed by atoms with Crippen molar-refractivity contribution in [1.82, 2.24) is 5.32 Å². The van der Waals surface area contributed by atoms with Gasteiger partial charge in [-0.15, -0.1) is 0 Å². The second kappa shape index (κ2) is 10.6. The summed E-state index contributed by atoms with van der Waals surface area (Å²) >= 11 is 0. The molecular formula is C24H27NO5. The Morgan fingerprint density at radius 3 is 2.07 bits per heavy atom. The molecule has 1 unspecified atom stereocenters. The van der Waals surface area contributed by atoms with Crippen molar-refractivity contribution in [3.05, 3.63) is 71.8 Å². The van der Waals surface area contributed by atoms with Gasteiger partial charge in [-0.2, -0.15) is 0 Å². The molecule has 158 valence electrons. The largest absolute Gasteiger partial charge is 0.460 e. The van der Waals surface area contributed by atoms with Crippen LogP contribution in [0.1, 0.15) is 43.2 Å². The zero-order chi connectivity index (χ0) is 21.2. The number of ether oxygens (including phenoxy) is 2. The first-order chi connectivity index (χ1) is 14.6. The van der Waals surface area contributed by atoms with E-state index in [1.165, 1.54) is 0 Å². The number of esters is 1. The molecule has 0 saturated heterocycles. The Hall–Kier alpha value is -3.15. The Kier molecular flexibility index (Phi) is 7.60. The van der Waals surface area contributed by atoms with Crippen LogP contribution in [-0.2, 0) is 32.3 Å². The quantitative estimate of drug-likeness (QED) is 0.382. The third kappa shape index (κ3) is 5.69. The molecule has 2 aromatic rings. The summed E-state index contributed by atoms with van der Waals surface area (Å²) in [6.45, 7) is 0.675. The molecule has 2 aromatic carbocycles. The Morgan fingerprint density at radius 1 is 0.900 bits per heavy atom. The molecule has 6 heteroatoms. The summed E-state index contributed by atoms with van der Waals surface area (Å²) in [6, 6.07) is 18.8. The van der Waals surface area contributed by atoms with E-state index in [4.69, 9.17) is 9.47 Å². The summed E-state index contributed by atoms with van der Waals surface area (Å²) in [5.41, 5.74) is 0.698. The van der Waals surface area contributed by atoms with E-state index in [-0.39, 0.29) is 19.0 Å². The highest BCUT2D eigenvalue weighted by Crippen LogP contribution is 2.40. The van der Waals surface area contributed by atoms with E-state index in [9.17, 15) is 14.4 Å². The summed E-state index contributed by atoms with van der Waals surface area (Å²) in [5.74, 6) is -0.521. The summed E-state index contributed by atoms with van der Waals surface area (Å²) in [6.07, 6.45) is 1.92. The van der Waals surface area contributed by atoms with E-state index in [0.29, 0.717) is 38.6 Å². The minimum Gasteiger partial charge on any atom is -0.460 e. The molecule has 1 amide bonds. The molecule has 1 aliphatic carbocycles. The lowest BCUT2D eigenvalue weighted by molar-refractivity contribution is -0.161. The molecule has 0 bridgehead atoms. The number of benzene rings is 2. The molecule has 0 radical (unpaired) electrons. The zero-order valence-electron chi connectivity index (χ0n) is 17.0. The van der Waals surface area contributed by atoms with E-state index in [0.717, 1.165) is 11.1 Å². The predicted octanol–water partition coefficient (Wildman–Crippen LogP) is 4.18. The number of alkyl carbamates (subject to hydrolysis) is 1. The van der Waals surface area contributed by atoms with Gasteiger partial charge < -0.3 is 14.8 Å². The Morgan fingerprint density at radius 2 is 1.50 bits per heavy atom. The fourth-order valence-corrected chi connectivity index (χ4v) is 3.73. The highest BCUT2D eigenvalue weighted by molar-refractivity contribution is 6.05. The van der Waals surface area contributed by atoms with Crippen molar-refractivity contribution in [2.45, 2.75) is 45.3 Å². The summed E-state index contributed by atoms with van der Waals surface area (Å²) < 4.78 is 10.7. The lowest BCUT2D eigenvalue weighted by atomic mass is 9.80. The minimum absolute atomic E-state index is 0.0628. The molecule has 1 fully saturated rings. The highest BCUT2D eigenvalue weighted by Gasteiger charge is 2.49. The fraction of sp³-hybridized carbons (Fsp3) is 0.375. The number of amides is 1. The van der Waals surface area contributed by atoms with Crippen LogP contribution in [0.4, 0.5) is 4.79 Å². The second-order valence-corrected chi connectivity index (χ2v) is 7.51. The smallest absolute Gasteiger partial charge is 0.407 e. The molecule has 30 heavy (non-hydrogen) atoms. The third-order valence-electron chi connectivity index (χ3n) is 5.41. The molecule has 0 spiro atoms. The van der Waals surface area contributed by atoms with Crippen LogP contribution in [0.3, 0.4) is 0 Å². The minimum atomic E-state index is -1.09. The number of Topliss-reactive ketones (excluding diaryl/α,β-unsaturated/α-hetero) is 1. The van der Waals surface area contributed by atoms with Crippen LogP contribution in [0.25, 0.3) is 0 Å². The van der Waals surface area contributed by atoms with Crippen molar-refractivity contribution in [3.63, 3.8) is 0 Å². The van der Waals surface area contributed by atoms with Crippen LogP contribution in [-0.4, -0.2) is 24.4 Å². The number of carbonyl (C=O) groups excluding carboxylic acids is 3. The van der Waals surface area contributed by atoms with Gasteiger partial charge in [0.05, 0.1) is 0 Å². The van der Waals surface area contributed by atoms with Gasteiger partial charge in [0.15, 0.2) is 0 Å². The molecule has 1 atom stereocenters. The number of ketones is 1. The average molecular weight is 409 g/mol. The average Bonchev–Trinajstić information content (AvgIpc) is 3.16. The van der Waals surface area contributed by atoms with Crippen molar-refractivity contribution < 1.29 is 23.9 Å². The number of nitrogens with one attached hydrogen (secondary N) is 1. The molecule has 3 rings (SSSR count). The van der Waals surface area contributed by atoms with Crippen LogP contribution < -0.4 is 5.32 Å². The van der Waals surface area contributed by atoms with Gasteiger partial charge in [0.25, 0.3) is 0 Å². The van der Waals surface area contributed by atoms with Crippen molar-refractivity contribution in [1.29, 1.82) is 0 Å². The van der Waals surface area contributed by atoms with Gasteiger partial charge in [-0.25, -0.2) is 4.79 Å².